The highest BCUT2D eigenvalue weighted by molar-refractivity contribution is 5.87. The standard InChI is InChI=1S/C14H24N2O2/c1-6-13(18)15-12-7-8-16(10(2)17)9-11(12)14(3,4)5/h6,11-12H,1,7-9H2,2-5H3,(H,15,18)/t11?,12-/m0/s1. The van der Waals surface area contributed by atoms with Crippen molar-refractivity contribution in [2.24, 2.45) is 11.3 Å². The summed E-state index contributed by atoms with van der Waals surface area (Å²) in [6, 6.07) is 0.117. The zero-order valence-corrected chi connectivity index (χ0v) is 11.8. The fourth-order valence-corrected chi connectivity index (χ4v) is 2.53. The highest BCUT2D eigenvalue weighted by Crippen LogP contribution is 2.33. The molecule has 2 atom stereocenters. The number of nitrogens with one attached hydrogen (secondary N) is 1. The molecule has 1 N–H and O–H groups in total. The molecule has 0 bridgehead atoms. The lowest BCUT2D eigenvalue weighted by molar-refractivity contribution is -0.132. The van der Waals surface area contributed by atoms with Crippen molar-refractivity contribution in [1.82, 2.24) is 10.2 Å². The van der Waals surface area contributed by atoms with Crippen LogP contribution < -0.4 is 5.32 Å². The number of piperidine rings is 1. The molecule has 0 aliphatic carbocycles. The molecule has 0 aromatic rings. The van der Waals surface area contributed by atoms with Gasteiger partial charge in [0.1, 0.15) is 0 Å². The van der Waals surface area contributed by atoms with Crippen LogP contribution in [0.3, 0.4) is 0 Å². The maximum Gasteiger partial charge on any atom is 0.243 e. The third-order valence-electron chi connectivity index (χ3n) is 3.68. The molecule has 0 aromatic heterocycles. The van der Waals surface area contributed by atoms with Crippen LogP contribution in [-0.4, -0.2) is 35.8 Å². The van der Waals surface area contributed by atoms with Crippen molar-refractivity contribution < 1.29 is 9.59 Å². The Balaban J connectivity index is 2.81. The smallest absolute Gasteiger partial charge is 0.243 e. The lowest BCUT2D eigenvalue weighted by atomic mass is 9.73. The first-order valence-electron chi connectivity index (χ1n) is 6.44. The van der Waals surface area contributed by atoms with Crippen molar-refractivity contribution in [2.75, 3.05) is 13.1 Å². The molecular formula is C14H24N2O2. The molecule has 0 radical (unpaired) electrons. The van der Waals surface area contributed by atoms with E-state index in [0.717, 1.165) is 6.42 Å². The van der Waals surface area contributed by atoms with Crippen molar-refractivity contribution in [3.63, 3.8) is 0 Å². The fourth-order valence-electron chi connectivity index (χ4n) is 2.53. The van der Waals surface area contributed by atoms with Gasteiger partial charge in [-0.1, -0.05) is 27.4 Å². The fraction of sp³-hybridized carbons (Fsp3) is 0.714. The topological polar surface area (TPSA) is 49.4 Å². The molecule has 18 heavy (non-hydrogen) atoms. The molecule has 1 rings (SSSR count). The van der Waals surface area contributed by atoms with Gasteiger partial charge in [0.2, 0.25) is 11.8 Å². The predicted molar refractivity (Wildman–Crippen MR) is 71.9 cm³/mol. The summed E-state index contributed by atoms with van der Waals surface area (Å²) >= 11 is 0. The first kappa shape index (κ1) is 14.7. The van der Waals surface area contributed by atoms with E-state index in [2.05, 4.69) is 32.7 Å². The molecule has 0 saturated carbocycles. The summed E-state index contributed by atoms with van der Waals surface area (Å²) in [7, 11) is 0. The quantitative estimate of drug-likeness (QED) is 0.758. The van der Waals surface area contributed by atoms with Gasteiger partial charge in [-0.15, -0.1) is 0 Å². The van der Waals surface area contributed by atoms with Gasteiger partial charge in [-0.2, -0.15) is 0 Å². The average molecular weight is 252 g/mol. The molecular weight excluding hydrogens is 228 g/mol. The van der Waals surface area contributed by atoms with Gasteiger partial charge >= 0.3 is 0 Å². The lowest BCUT2D eigenvalue weighted by Gasteiger charge is -2.44. The number of amides is 2. The van der Waals surface area contributed by atoms with Crippen LogP contribution in [0.25, 0.3) is 0 Å². The Morgan fingerprint density at radius 1 is 1.39 bits per heavy atom. The number of hydrogen-bond acceptors (Lipinski definition) is 2. The van der Waals surface area contributed by atoms with E-state index in [1.54, 1.807) is 6.92 Å². The zero-order valence-electron chi connectivity index (χ0n) is 11.8. The van der Waals surface area contributed by atoms with Gasteiger partial charge in [0.25, 0.3) is 0 Å². The number of rotatable bonds is 2. The van der Waals surface area contributed by atoms with Crippen LogP contribution in [0.5, 0.6) is 0 Å². The van der Waals surface area contributed by atoms with Crippen LogP contribution >= 0.6 is 0 Å². The maximum atomic E-state index is 11.5. The first-order chi connectivity index (χ1) is 8.25. The Labute approximate surface area is 109 Å². The summed E-state index contributed by atoms with van der Waals surface area (Å²) in [6.45, 7) is 12.9. The second-order valence-corrected chi connectivity index (χ2v) is 6.05. The minimum atomic E-state index is -0.134. The van der Waals surface area contributed by atoms with Gasteiger partial charge in [0, 0.05) is 32.0 Å². The van der Waals surface area contributed by atoms with E-state index in [9.17, 15) is 9.59 Å². The number of carbonyl (C=O) groups excluding carboxylic acids is 2. The summed E-state index contributed by atoms with van der Waals surface area (Å²) in [5.74, 6) is 0.238. The third-order valence-corrected chi connectivity index (χ3v) is 3.68. The van der Waals surface area contributed by atoms with E-state index in [1.807, 2.05) is 4.90 Å². The molecule has 1 heterocycles. The van der Waals surface area contributed by atoms with Gasteiger partial charge in [-0.25, -0.2) is 0 Å². The molecule has 2 amide bonds. The highest BCUT2D eigenvalue weighted by atomic mass is 16.2. The normalized spacial score (nSPS) is 24.6. The van der Waals surface area contributed by atoms with Crippen LogP contribution in [0.15, 0.2) is 12.7 Å². The molecule has 4 heteroatoms. The van der Waals surface area contributed by atoms with Crippen molar-refractivity contribution in [3.05, 3.63) is 12.7 Å². The number of carbonyl (C=O) groups is 2. The van der Waals surface area contributed by atoms with Gasteiger partial charge in [0.15, 0.2) is 0 Å². The second kappa shape index (κ2) is 5.55. The third kappa shape index (κ3) is 3.59. The van der Waals surface area contributed by atoms with Gasteiger partial charge in [-0.05, 0) is 17.9 Å². The lowest BCUT2D eigenvalue weighted by Crippen LogP contribution is -2.55. The van der Waals surface area contributed by atoms with Crippen molar-refractivity contribution in [2.45, 2.75) is 40.2 Å². The van der Waals surface area contributed by atoms with E-state index in [-0.39, 0.29) is 29.2 Å². The largest absolute Gasteiger partial charge is 0.349 e. The Morgan fingerprint density at radius 2 is 2.00 bits per heavy atom. The SMILES string of the molecule is C=CC(=O)N[C@H]1CCN(C(C)=O)CC1C(C)(C)C. The first-order valence-corrected chi connectivity index (χ1v) is 6.44. The minimum Gasteiger partial charge on any atom is -0.349 e. The number of nitrogens with zero attached hydrogens (tertiary/aromatic N) is 1. The van der Waals surface area contributed by atoms with E-state index in [4.69, 9.17) is 0 Å². The highest BCUT2D eigenvalue weighted by Gasteiger charge is 2.38. The predicted octanol–water partition coefficient (Wildman–Crippen LogP) is 1.57. The van der Waals surface area contributed by atoms with Crippen LogP contribution in [0.2, 0.25) is 0 Å². The van der Waals surface area contributed by atoms with Gasteiger partial charge in [-0.3, -0.25) is 9.59 Å². The number of likely N-dealkylation sites (tertiary alicyclic amines) is 1. The summed E-state index contributed by atoms with van der Waals surface area (Å²) in [5.41, 5.74) is 0.0488. The Kier molecular flexibility index (Phi) is 4.54. The second-order valence-electron chi connectivity index (χ2n) is 6.05. The summed E-state index contributed by atoms with van der Waals surface area (Å²) in [4.78, 5) is 24.8. The van der Waals surface area contributed by atoms with Crippen LogP contribution in [-0.2, 0) is 9.59 Å². The van der Waals surface area contributed by atoms with E-state index in [0.29, 0.717) is 13.1 Å². The van der Waals surface area contributed by atoms with Crippen molar-refractivity contribution in [3.8, 4) is 0 Å². The van der Waals surface area contributed by atoms with Gasteiger partial charge in [0.05, 0.1) is 0 Å². The van der Waals surface area contributed by atoms with Crippen LogP contribution in [0.4, 0.5) is 0 Å². The van der Waals surface area contributed by atoms with E-state index in [1.165, 1.54) is 6.08 Å². The van der Waals surface area contributed by atoms with Crippen LogP contribution in [0, 0.1) is 11.3 Å². The minimum absolute atomic E-state index is 0.0488. The Hall–Kier alpha value is -1.32. The Morgan fingerprint density at radius 3 is 2.44 bits per heavy atom. The molecule has 4 nitrogen and oxygen atoms in total. The van der Waals surface area contributed by atoms with Gasteiger partial charge < -0.3 is 10.2 Å². The van der Waals surface area contributed by atoms with E-state index < -0.39 is 0 Å². The molecule has 0 spiro atoms. The summed E-state index contributed by atoms with van der Waals surface area (Å²) in [5, 5.41) is 2.99. The molecule has 1 aliphatic heterocycles. The summed E-state index contributed by atoms with van der Waals surface area (Å²) in [6.07, 6.45) is 2.11. The molecule has 0 aromatic carbocycles. The van der Waals surface area contributed by atoms with Crippen LogP contribution in [0.1, 0.15) is 34.1 Å². The van der Waals surface area contributed by atoms with Crippen molar-refractivity contribution in [1.29, 1.82) is 0 Å². The van der Waals surface area contributed by atoms with E-state index >= 15 is 0 Å². The number of hydrogen-bond donors (Lipinski definition) is 1. The molecule has 1 aliphatic rings. The molecule has 1 fully saturated rings. The summed E-state index contributed by atoms with van der Waals surface area (Å²) < 4.78 is 0. The van der Waals surface area contributed by atoms with Crippen molar-refractivity contribution >= 4 is 11.8 Å². The maximum absolute atomic E-state index is 11.5. The monoisotopic (exact) mass is 252 g/mol. The molecule has 1 unspecified atom stereocenters. The average Bonchev–Trinajstić information content (AvgIpc) is 2.27. The Bertz CT molecular complexity index is 344. The molecule has 102 valence electrons. The zero-order chi connectivity index (χ0) is 13.9. The molecule has 1 saturated heterocycles.